The fourth-order valence-electron chi connectivity index (χ4n) is 1.73. The minimum absolute atomic E-state index is 0.0551. The smallest absolute Gasteiger partial charge is 0.120 e. The molecular weight excluding hydrogens is 200 g/mol. The van der Waals surface area contributed by atoms with E-state index in [2.05, 4.69) is 11.4 Å². The quantitative estimate of drug-likeness (QED) is 0.799. The maximum absolute atomic E-state index is 9.69. The molecule has 0 saturated heterocycles. The van der Waals surface area contributed by atoms with Crippen LogP contribution in [0.2, 0.25) is 0 Å². The van der Waals surface area contributed by atoms with Gasteiger partial charge in [-0.3, -0.25) is 0 Å². The number of benzene rings is 1. The zero-order valence-electron chi connectivity index (χ0n) is 9.77. The maximum atomic E-state index is 9.69. The van der Waals surface area contributed by atoms with Crippen LogP contribution in [-0.2, 0) is 0 Å². The van der Waals surface area contributed by atoms with Gasteiger partial charge in [0, 0.05) is 17.6 Å². The molecule has 0 fully saturated rings. The van der Waals surface area contributed by atoms with Crippen LogP contribution in [0.15, 0.2) is 24.3 Å². The molecule has 1 aromatic rings. The highest BCUT2D eigenvalue weighted by molar-refractivity contribution is 5.34. The van der Waals surface area contributed by atoms with Gasteiger partial charge in [-0.2, -0.15) is 5.26 Å². The number of phenolic OH excluding ortho intramolecular Hbond substituents is 1. The predicted molar refractivity (Wildman–Crippen MR) is 64.0 cm³/mol. The van der Waals surface area contributed by atoms with Gasteiger partial charge in [0.25, 0.3) is 0 Å². The maximum Gasteiger partial charge on any atom is 0.120 e. The highest BCUT2D eigenvalue weighted by Gasteiger charge is 2.13. The molecule has 0 heterocycles. The van der Waals surface area contributed by atoms with Crippen LogP contribution in [0.25, 0.3) is 0 Å². The summed E-state index contributed by atoms with van der Waals surface area (Å²) in [7, 11) is 0. The van der Waals surface area contributed by atoms with Crippen LogP contribution in [0, 0.1) is 11.3 Å². The summed E-state index contributed by atoms with van der Waals surface area (Å²) >= 11 is 0. The summed E-state index contributed by atoms with van der Waals surface area (Å²) in [5.41, 5.74) is 0.874. The molecule has 16 heavy (non-hydrogen) atoms. The van der Waals surface area contributed by atoms with Crippen molar-refractivity contribution in [1.82, 2.24) is 5.32 Å². The molecule has 3 heteroatoms. The largest absolute Gasteiger partial charge is 0.508 e. The summed E-state index contributed by atoms with van der Waals surface area (Å²) in [4.78, 5) is 0. The zero-order chi connectivity index (χ0) is 12.0. The fraction of sp³-hybridized carbons (Fsp3) is 0.462. The van der Waals surface area contributed by atoms with Gasteiger partial charge in [-0.05, 0) is 19.4 Å². The van der Waals surface area contributed by atoms with Gasteiger partial charge in [-0.1, -0.05) is 25.1 Å². The molecule has 0 bridgehead atoms. The Kier molecular flexibility index (Phi) is 4.81. The van der Waals surface area contributed by atoms with Crippen molar-refractivity contribution in [1.29, 1.82) is 5.26 Å². The first-order valence-electron chi connectivity index (χ1n) is 5.60. The second kappa shape index (κ2) is 6.14. The van der Waals surface area contributed by atoms with Gasteiger partial charge < -0.3 is 10.4 Å². The van der Waals surface area contributed by atoms with Crippen molar-refractivity contribution in [2.24, 2.45) is 0 Å². The van der Waals surface area contributed by atoms with E-state index in [1.807, 2.05) is 26.0 Å². The standard InChI is InChI=1S/C13H18N2O/c1-3-11(8-9-14)15-10(2)12-6-4-5-7-13(12)16/h4-7,10-11,15-16H,3,8H2,1-2H3. The average Bonchev–Trinajstić information content (AvgIpc) is 2.28. The van der Waals surface area contributed by atoms with E-state index in [0.29, 0.717) is 12.2 Å². The van der Waals surface area contributed by atoms with E-state index in [-0.39, 0.29) is 12.1 Å². The van der Waals surface area contributed by atoms with Gasteiger partial charge in [-0.15, -0.1) is 0 Å². The monoisotopic (exact) mass is 218 g/mol. The number of para-hydroxylation sites is 1. The molecule has 0 aliphatic rings. The van der Waals surface area contributed by atoms with E-state index in [1.165, 1.54) is 0 Å². The van der Waals surface area contributed by atoms with Crippen molar-refractivity contribution in [3.05, 3.63) is 29.8 Å². The summed E-state index contributed by atoms with van der Waals surface area (Å²) in [6, 6.07) is 9.68. The topological polar surface area (TPSA) is 56.0 Å². The number of aromatic hydroxyl groups is 1. The molecule has 0 spiro atoms. The summed E-state index contributed by atoms with van der Waals surface area (Å²) in [6.45, 7) is 4.04. The highest BCUT2D eigenvalue weighted by atomic mass is 16.3. The average molecular weight is 218 g/mol. The first-order chi connectivity index (χ1) is 7.69. The molecule has 2 N–H and O–H groups in total. The SMILES string of the molecule is CCC(CC#N)NC(C)c1ccccc1O. The first kappa shape index (κ1) is 12.5. The third-order valence-electron chi connectivity index (χ3n) is 2.72. The Labute approximate surface area is 96.7 Å². The molecule has 0 aromatic heterocycles. The number of hydrogen-bond acceptors (Lipinski definition) is 3. The molecule has 1 rings (SSSR count). The van der Waals surface area contributed by atoms with Gasteiger partial charge in [-0.25, -0.2) is 0 Å². The van der Waals surface area contributed by atoms with Crippen molar-refractivity contribution in [3.8, 4) is 11.8 Å². The molecule has 2 unspecified atom stereocenters. The van der Waals surface area contributed by atoms with Gasteiger partial charge in [0.1, 0.15) is 5.75 Å². The number of nitriles is 1. The van der Waals surface area contributed by atoms with Gasteiger partial charge in [0.05, 0.1) is 12.5 Å². The molecule has 0 aliphatic carbocycles. The molecule has 0 aliphatic heterocycles. The summed E-state index contributed by atoms with van der Waals surface area (Å²) in [5, 5.41) is 21.7. The van der Waals surface area contributed by atoms with Gasteiger partial charge in [0.2, 0.25) is 0 Å². The zero-order valence-corrected chi connectivity index (χ0v) is 9.77. The van der Waals surface area contributed by atoms with Crippen molar-refractivity contribution >= 4 is 0 Å². The van der Waals surface area contributed by atoms with Crippen LogP contribution in [0.3, 0.4) is 0 Å². The van der Waals surface area contributed by atoms with E-state index in [4.69, 9.17) is 5.26 Å². The number of phenols is 1. The number of nitrogens with zero attached hydrogens (tertiary/aromatic N) is 1. The third kappa shape index (κ3) is 3.25. The molecule has 2 atom stereocenters. The number of nitrogens with one attached hydrogen (secondary N) is 1. The van der Waals surface area contributed by atoms with Crippen LogP contribution in [0.5, 0.6) is 5.75 Å². The molecule has 0 amide bonds. The Morgan fingerprint density at radius 1 is 1.44 bits per heavy atom. The molecule has 0 radical (unpaired) electrons. The second-order valence-electron chi connectivity index (χ2n) is 3.91. The van der Waals surface area contributed by atoms with Gasteiger partial charge in [0.15, 0.2) is 0 Å². The minimum atomic E-state index is 0.0551. The van der Waals surface area contributed by atoms with E-state index in [1.54, 1.807) is 12.1 Å². The summed E-state index contributed by atoms with van der Waals surface area (Å²) in [6.07, 6.45) is 1.40. The Morgan fingerprint density at radius 2 is 2.12 bits per heavy atom. The van der Waals surface area contributed by atoms with E-state index < -0.39 is 0 Å². The summed E-state index contributed by atoms with van der Waals surface area (Å²) in [5.74, 6) is 0.300. The number of rotatable bonds is 5. The molecule has 1 aromatic carbocycles. The fourth-order valence-corrected chi connectivity index (χ4v) is 1.73. The molecular formula is C13H18N2O. The van der Waals surface area contributed by atoms with Crippen LogP contribution in [-0.4, -0.2) is 11.1 Å². The van der Waals surface area contributed by atoms with Crippen molar-refractivity contribution in [2.75, 3.05) is 0 Å². The number of hydrogen-bond donors (Lipinski definition) is 2. The molecule has 0 saturated carbocycles. The van der Waals surface area contributed by atoms with E-state index in [0.717, 1.165) is 12.0 Å². The van der Waals surface area contributed by atoms with E-state index >= 15 is 0 Å². The van der Waals surface area contributed by atoms with E-state index in [9.17, 15) is 5.11 Å². The first-order valence-corrected chi connectivity index (χ1v) is 5.60. The van der Waals surface area contributed by atoms with Crippen molar-refractivity contribution in [2.45, 2.75) is 38.8 Å². The predicted octanol–water partition coefficient (Wildman–Crippen LogP) is 2.74. The third-order valence-corrected chi connectivity index (χ3v) is 2.72. The molecule has 86 valence electrons. The van der Waals surface area contributed by atoms with Crippen LogP contribution in [0.1, 0.15) is 38.3 Å². The Hall–Kier alpha value is -1.53. The van der Waals surface area contributed by atoms with Gasteiger partial charge >= 0.3 is 0 Å². The van der Waals surface area contributed by atoms with Crippen molar-refractivity contribution in [3.63, 3.8) is 0 Å². The lowest BCUT2D eigenvalue weighted by atomic mass is 10.0. The van der Waals surface area contributed by atoms with Crippen molar-refractivity contribution < 1.29 is 5.11 Å². The normalized spacial score (nSPS) is 14.1. The lowest BCUT2D eigenvalue weighted by Gasteiger charge is -2.21. The summed E-state index contributed by atoms with van der Waals surface area (Å²) < 4.78 is 0. The lowest BCUT2D eigenvalue weighted by Crippen LogP contribution is -2.30. The van der Waals surface area contributed by atoms with Crippen LogP contribution >= 0.6 is 0 Å². The highest BCUT2D eigenvalue weighted by Crippen LogP contribution is 2.23. The minimum Gasteiger partial charge on any atom is -0.508 e. The second-order valence-corrected chi connectivity index (χ2v) is 3.91. The van der Waals surface area contributed by atoms with Crippen LogP contribution < -0.4 is 5.32 Å². The van der Waals surface area contributed by atoms with Crippen LogP contribution in [0.4, 0.5) is 0 Å². The Balaban J connectivity index is 2.68. The Morgan fingerprint density at radius 3 is 2.69 bits per heavy atom. The Bertz CT molecular complexity index is 370. The molecule has 3 nitrogen and oxygen atoms in total. The lowest BCUT2D eigenvalue weighted by molar-refractivity contribution is 0.420.